The summed E-state index contributed by atoms with van der Waals surface area (Å²) in [6, 6.07) is 10.9. The van der Waals surface area contributed by atoms with Gasteiger partial charge in [-0.25, -0.2) is 0 Å². The Morgan fingerprint density at radius 1 is 1.25 bits per heavy atom. The van der Waals surface area contributed by atoms with Crippen molar-refractivity contribution in [3.8, 4) is 6.07 Å². The van der Waals surface area contributed by atoms with Gasteiger partial charge < -0.3 is 5.32 Å². The number of hydrogen-bond donors (Lipinski definition) is 1. The van der Waals surface area contributed by atoms with Gasteiger partial charge in [-0.3, -0.25) is 0 Å². The molecule has 0 heterocycles. The van der Waals surface area contributed by atoms with E-state index in [1.54, 1.807) is 0 Å². The van der Waals surface area contributed by atoms with Gasteiger partial charge in [-0.2, -0.15) is 5.26 Å². The van der Waals surface area contributed by atoms with Crippen LogP contribution in [-0.2, 0) is 0 Å². The summed E-state index contributed by atoms with van der Waals surface area (Å²) in [5.41, 5.74) is 2.27. The number of rotatable bonds is 2. The van der Waals surface area contributed by atoms with Gasteiger partial charge in [-0.1, -0.05) is 32.9 Å². The molecule has 0 spiro atoms. The fourth-order valence-electron chi connectivity index (χ4n) is 3.24. The highest BCUT2D eigenvalue weighted by molar-refractivity contribution is 5.49. The Hall–Kier alpha value is -1.49. The Kier molecular flexibility index (Phi) is 4.09. The van der Waals surface area contributed by atoms with Gasteiger partial charge in [0.05, 0.1) is 6.07 Å². The van der Waals surface area contributed by atoms with Crippen LogP contribution in [0.25, 0.3) is 0 Å². The fraction of sp³-hybridized carbons (Fsp3) is 0.611. The van der Waals surface area contributed by atoms with Crippen molar-refractivity contribution < 1.29 is 0 Å². The zero-order chi connectivity index (χ0) is 14.8. The van der Waals surface area contributed by atoms with Crippen molar-refractivity contribution in [1.29, 1.82) is 5.26 Å². The lowest BCUT2D eigenvalue weighted by Crippen LogP contribution is -2.42. The van der Waals surface area contributed by atoms with E-state index in [0.717, 1.165) is 37.3 Å². The van der Waals surface area contributed by atoms with Crippen molar-refractivity contribution >= 4 is 5.69 Å². The van der Waals surface area contributed by atoms with E-state index in [1.807, 2.05) is 6.07 Å². The quantitative estimate of drug-likeness (QED) is 0.829. The minimum atomic E-state index is -0.379. The summed E-state index contributed by atoms with van der Waals surface area (Å²) in [6.45, 7) is 9.02. The van der Waals surface area contributed by atoms with Crippen molar-refractivity contribution in [2.24, 2.45) is 11.3 Å². The number of nitrogens with zero attached hydrogens (tertiary/aromatic N) is 1. The van der Waals surface area contributed by atoms with Gasteiger partial charge in [0.15, 0.2) is 0 Å². The zero-order valence-corrected chi connectivity index (χ0v) is 13.2. The smallest absolute Gasteiger partial charge is 0.125 e. The first-order valence-electron chi connectivity index (χ1n) is 7.61. The molecule has 1 N–H and O–H groups in total. The van der Waals surface area contributed by atoms with E-state index < -0.39 is 0 Å². The SMILES string of the molecule is Cc1cccc(NC2(C#N)CCC(C(C)(C)C)CC2)c1. The Bertz CT molecular complexity index is 497. The summed E-state index contributed by atoms with van der Waals surface area (Å²) >= 11 is 0. The first kappa shape index (κ1) is 14.9. The second-order valence-corrected chi connectivity index (χ2v) is 7.33. The van der Waals surface area contributed by atoms with Crippen molar-refractivity contribution in [2.45, 2.75) is 58.9 Å². The van der Waals surface area contributed by atoms with E-state index in [0.29, 0.717) is 5.41 Å². The van der Waals surface area contributed by atoms with Gasteiger partial charge >= 0.3 is 0 Å². The van der Waals surface area contributed by atoms with E-state index in [4.69, 9.17) is 0 Å². The molecule has 0 aromatic heterocycles. The number of anilines is 1. The maximum absolute atomic E-state index is 9.65. The topological polar surface area (TPSA) is 35.8 Å². The van der Waals surface area contributed by atoms with Crippen molar-refractivity contribution in [3.05, 3.63) is 29.8 Å². The molecule has 1 aliphatic rings. The first-order chi connectivity index (χ1) is 9.35. The lowest BCUT2D eigenvalue weighted by Gasteiger charge is -2.41. The highest BCUT2D eigenvalue weighted by Crippen LogP contribution is 2.42. The minimum Gasteiger partial charge on any atom is -0.367 e. The molecule has 1 saturated carbocycles. The second-order valence-electron chi connectivity index (χ2n) is 7.33. The molecule has 2 nitrogen and oxygen atoms in total. The summed E-state index contributed by atoms with van der Waals surface area (Å²) in [5, 5.41) is 13.1. The predicted molar refractivity (Wildman–Crippen MR) is 84.6 cm³/mol. The summed E-state index contributed by atoms with van der Waals surface area (Å²) in [4.78, 5) is 0. The summed E-state index contributed by atoms with van der Waals surface area (Å²) in [5.74, 6) is 0.725. The number of nitriles is 1. The summed E-state index contributed by atoms with van der Waals surface area (Å²) in [7, 11) is 0. The maximum atomic E-state index is 9.65. The molecule has 0 bridgehead atoms. The molecule has 0 aliphatic heterocycles. The first-order valence-corrected chi connectivity index (χ1v) is 7.61. The zero-order valence-electron chi connectivity index (χ0n) is 13.2. The van der Waals surface area contributed by atoms with Crippen LogP contribution in [0.1, 0.15) is 52.0 Å². The third kappa shape index (κ3) is 3.33. The summed E-state index contributed by atoms with van der Waals surface area (Å²) in [6.07, 6.45) is 4.16. The van der Waals surface area contributed by atoms with Gasteiger partial charge in [0, 0.05) is 5.69 Å². The number of aryl methyl sites for hydroxylation is 1. The molecule has 1 aliphatic carbocycles. The number of benzene rings is 1. The molecule has 1 aromatic rings. The molecule has 20 heavy (non-hydrogen) atoms. The Labute approximate surface area is 123 Å². The fourth-order valence-corrected chi connectivity index (χ4v) is 3.24. The molecule has 0 amide bonds. The molecular weight excluding hydrogens is 244 g/mol. The van der Waals surface area contributed by atoms with E-state index in [9.17, 15) is 5.26 Å². The predicted octanol–water partition coefficient (Wildman–Crippen LogP) is 4.91. The molecular formula is C18H26N2. The normalized spacial score (nSPS) is 26.9. The molecule has 0 unspecified atom stereocenters. The Balaban J connectivity index is 2.08. The Morgan fingerprint density at radius 3 is 2.40 bits per heavy atom. The third-order valence-corrected chi connectivity index (χ3v) is 4.68. The van der Waals surface area contributed by atoms with E-state index >= 15 is 0 Å². The van der Waals surface area contributed by atoms with Crippen LogP contribution in [0.15, 0.2) is 24.3 Å². The van der Waals surface area contributed by atoms with Gasteiger partial charge in [0.2, 0.25) is 0 Å². The van der Waals surface area contributed by atoms with Gasteiger partial charge in [-0.05, 0) is 61.6 Å². The van der Waals surface area contributed by atoms with E-state index in [2.05, 4.69) is 57.3 Å². The molecule has 1 aromatic carbocycles. The van der Waals surface area contributed by atoms with Crippen LogP contribution in [0.5, 0.6) is 0 Å². The average molecular weight is 270 g/mol. The standard InChI is InChI=1S/C18H26N2/c1-14-6-5-7-16(12-14)20-18(13-19)10-8-15(9-11-18)17(2,3)4/h5-7,12,15,20H,8-11H2,1-4H3. The second kappa shape index (κ2) is 5.48. The largest absolute Gasteiger partial charge is 0.367 e. The van der Waals surface area contributed by atoms with Crippen LogP contribution in [0.3, 0.4) is 0 Å². The molecule has 2 rings (SSSR count). The minimum absolute atomic E-state index is 0.352. The lowest BCUT2D eigenvalue weighted by atomic mass is 9.67. The average Bonchev–Trinajstić information content (AvgIpc) is 2.38. The molecule has 0 radical (unpaired) electrons. The monoisotopic (exact) mass is 270 g/mol. The van der Waals surface area contributed by atoms with Gasteiger partial charge in [0.1, 0.15) is 5.54 Å². The van der Waals surface area contributed by atoms with Crippen LogP contribution < -0.4 is 5.32 Å². The lowest BCUT2D eigenvalue weighted by molar-refractivity contribution is 0.159. The maximum Gasteiger partial charge on any atom is 0.125 e. The van der Waals surface area contributed by atoms with Crippen molar-refractivity contribution in [3.63, 3.8) is 0 Å². The third-order valence-electron chi connectivity index (χ3n) is 4.68. The number of hydrogen-bond acceptors (Lipinski definition) is 2. The highest BCUT2D eigenvalue weighted by atomic mass is 15.0. The van der Waals surface area contributed by atoms with Crippen LogP contribution >= 0.6 is 0 Å². The molecule has 1 fully saturated rings. The van der Waals surface area contributed by atoms with Crippen LogP contribution in [0.4, 0.5) is 5.69 Å². The van der Waals surface area contributed by atoms with Crippen LogP contribution in [0, 0.1) is 29.6 Å². The Morgan fingerprint density at radius 2 is 1.90 bits per heavy atom. The summed E-state index contributed by atoms with van der Waals surface area (Å²) < 4.78 is 0. The van der Waals surface area contributed by atoms with E-state index in [-0.39, 0.29) is 5.54 Å². The number of nitrogens with one attached hydrogen (secondary N) is 1. The highest BCUT2D eigenvalue weighted by Gasteiger charge is 2.38. The van der Waals surface area contributed by atoms with Gasteiger partial charge in [-0.15, -0.1) is 0 Å². The van der Waals surface area contributed by atoms with Crippen LogP contribution in [0.2, 0.25) is 0 Å². The van der Waals surface area contributed by atoms with Crippen molar-refractivity contribution in [2.75, 3.05) is 5.32 Å². The molecule has 2 heteroatoms. The van der Waals surface area contributed by atoms with E-state index in [1.165, 1.54) is 5.56 Å². The van der Waals surface area contributed by atoms with Gasteiger partial charge in [0.25, 0.3) is 0 Å². The molecule has 0 saturated heterocycles. The van der Waals surface area contributed by atoms with Crippen LogP contribution in [-0.4, -0.2) is 5.54 Å². The van der Waals surface area contributed by atoms with Crippen molar-refractivity contribution in [1.82, 2.24) is 0 Å². The molecule has 0 atom stereocenters. The molecule has 108 valence electrons.